The first-order valence-corrected chi connectivity index (χ1v) is 4.65. The smallest absolute Gasteiger partial charge is 0.339 e. The van der Waals surface area contributed by atoms with Crippen LogP contribution in [0.4, 0.5) is 5.69 Å². The fourth-order valence-electron chi connectivity index (χ4n) is 1.52. The highest BCUT2D eigenvalue weighted by Crippen LogP contribution is 2.24. The first kappa shape index (κ1) is 10.9. The lowest BCUT2D eigenvalue weighted by Gasteiger charge is -2.05. The van der Waals surface area contributed by atoms with Gasteiger partial charge in [0.2, 0.25) is 0 Å². The van der Waals surface area contributed by atoms with Gasteiger partial charge in [0, 0.05) is 11.6 Å². The van der Waals surface area contributed by atoms with E-state index in [2.05, 4.69) is 4.98 Å². The van der Waals surface area contributed by atoms with Gasteiger partial charge in [-0.1, -0.05) is 0 Å². The highest BCUT2D eigenvalue weighted by molar-refractivity contribution is 6.05. The fourth-order valence-corrected chi connectivity index (χ4v) is 1.52. The predicted octanol–water partition coefficient (Wildman–Crippen LogP) is 1.21. The summed E-state index contributed by atoms with van der Waals surface area (Å²) in [4.78, 5) is 25.6. The van der Waals surface area contributed by atoms with Gasteiger partial charge in [0.05, 0.1) is 16.8 Å². The molecule has 0 saturated heterocycles. The first-order chi connectivity index (χ1) is 8.00. The van der Waals surface area contributed by atoms with Crippen LogP contribution in [0.15, 0.2) is 24.4 Å². The summed E-state index contributed by atoms with van der Waals surface area (Å²) in [6.07, 6.45) is 1.15. The Morgan fingerprint density at radius 1 is 1.18 bits per heavy atom. The first-order valence-electron chi connectivity index (χ1n) is 4.65. The number of aromatic nitrogens is 1. The number of aromatic carboxylic acids is 2. The molecule has 0 aliphatic heterocycles. The van der Waals surface area contributed by atoms with E-state index >= 15 is 0 Å². The number of nitrogens with zero attached hydrogens (tertiary/aromatic N) is 1. The Morgan fingerprint density at radius 3 is 2.47 bits per heavy atom. The van der Waals surface area contributed by atoms with E-state index in [9.17, 15) is 9.59 Å². The summed E-state index contributed by atoms with van der Waals surface area (Å²) in [7, 11) is 0. The fraction of sp³-hybridized carbons (Fsp3) is 0. The van der Waals surface area contributed by atoms with E-state index in [0.717, 1.165) is 6.20 Å². The van der Waals surface area contributed by atoms with Crippen LogP contribution in [0.2, 0.25) is 0 Å². The van der Waals surface area contributed by atoms with Gasteiger partial charge in [-0.25, -0.2) is 9.59 Å². The minimum absolute atomic E-state index is 0.0191. The molecule has 6 nitrogen and oxygen atoms in total. The number of rotatable bonds is 2. The van der Waals surface area contributed by atoms with Gasteiger partial charge in [0.15, 0.2) is 0 Å². The van der Waals surface area contributed by atoms with E-state index in [1.807, 2.05) is 0 Å². The van der Waals surface area contributed by atoms with Crippen LogP contribution in [-0.4, -0.2) is 27.1 Å². The van der Waals surface area contributed by atoms with Gasteiger partial charge in [-0.2, -0.15) is 0 Å². The Morgan fingerprint density at radius 2 is 1.88 bits per heavy atom. The van der Waals surface area contributed by atoms with Crippen molar-refractivity contribution >= 4 is 28.5 Å². The third kappa shape index (κ3) is 1.76. The van der Waals surface area contributed by atoms with E-state index in [1.165, 1.54) is 18.2 Å². The Balaban J connectivity index is 2.78. The number of hydrogen-bond donors (Lipinski definition) is 3. The van der Waals surface area contributed by atoms with Crippen LogP contribution in [0.25, 0.3) is 10.9 Å². The maximum Gasteiger partial charge on any atom is 0.339 e. The lowest BCUT2D eigenvalue weighted by Crippen LogP contribution is -2.05. The second-order valence-electron chi connectivity index (χ2n) is 3.43. The lowest BCUT2D eigenvalue weighted by molar-refractivity contribution is 0.0687. The van der Waals surface area contributed by atoms with Crippen molar-refractivity contribution in [3.63, 3.8) is 0 Å². The quantitative estimate of drug-likeness (QED) is 0.717. The van der Waals surface area contributed by atoms with Crippen molar-refractivity contribution in [2.75, 3.05) is 5.73 Å². The zero-order chi connectivity index (χ0) is 12.6. The number of nitrogens with two attached hydrogens (primary N) is 1. The summed E-state index contributed by atoms with van der Waals surface area (Å²) in [6, 6.07) is 4.19. The molecule has 0 unspecified atom stereocenters. The normalized spacial score (nSPS) is 10.4. The van der Waals surface area contributed by atoms with Crippen molar-refractivity contribution in [2.45, 2.75) is 0 Å². The molecule has 1 aromatic heterocycles. The number of carboxylic acids is 2. The highest BCUT2D eigenvalue weighted by atomic mass is 16.4. The second-order valence-corrected chi connectivity index (χ2v) is 3.43. The van der Waals surface area contributed by atoms with Gasteiger partial charge < -0.3 is 15.9 Å². The number of pyridine rings is 1. The molecule has 0 atom stereocenters. The van der Waals surface area contributed by atoms with Crippen LogP contribution < -0.4 is 5.73 Å². The van der Waals surface area contributed by atoms with E-state index in [1.54, 1.807) is 0 Å². The Kier molecular flexibility index (Phi) is 2.40. The number of fused-ring (bicyclic) bond motifs is 1. The number of nitrogen functional groups attached to an aromatic ring is 1. The maximum absolute atomic E-state index is 10.8. The Hall–Kier alpha value is -2.63. The molecule has 1 heterocycles. The van der Waals surface area contributed by atoms with Crippen molar-refractivity contribution < 1.29 is 19.8 Å². The van der Waals surface area contributed by atoms with E-state index in [0.29, 0.717) is 10.9 Å². The molecule has 1 aromatic carbocycles. The molecule has 17 heavy (non-hydrogen) atoms. The summed E-state index contributed by atoms with van der Waals surface area (Å²) in [5, 5.41) is 18.0. The average Bonchev–Trinajstić information content (AvgIpc) is 2.28. The third-order valence-corrected chi connectivity index (χ3v) is 2.39. The van der Waals surface area contributed by atoms with Crippen molar-refractivity contribution in [3.05, 3.63) is 35.5 Å². The van der Waals surface area contributed by atoms with Crippen LogP contribution >= 0.6 is 0 Å². The molecule has 6 heteroatoms. The van der Waals surface area contributed by atoms with Gasteiger partial charge in [-0.3, -0.25) is 4.98 Å². The summed E-state index contributed by atoms with van der Waals surface area (Å²) in [6.45, 7) is 0. The Bertz CT molecular complexity index is 631. The minimum atomic E-state index is -1.20. The van der Waals surface area contributed by atoms with Crippen molar-refractivity contribution in [3.8, 4) is 0 Å². The summed E-state index contributed by atoms with van der Waals surface area (Å²) in [5.41, 5.74) is 6.05. The molecular weight excluding hydrogens is 224 g/mol. The molecule has 0 bridgehead atoms. The molecule has 0 spiro atoms. The largest absolute Gasteiger partial charge is 0.478 e. The number of hydrogen-bond acceptors (Lipinski definition) is 4. The van der Waals surface area contributed by atoms with Crippen molar-refractivity contribution in [1.82, 2.24) is 4.98 Å². The van der Waals surface area contributed by atoms with Crippen LogP contribution in [0.1, 0.15) is 20.7 Å². The van der Waals surface area contributed by atoms with E-state index < -0.39 is 11.9 Å². The van der Waals surface area contributed by atoms with Crippen molar-refractivity contribution in [2.24, 2.45) is 0 Å². The molecule has 0 aliphatic carbocycles. The van der Waals surface area contributed by atoms with Gasteiger partial charge >= 0.3 is 11.9 Å². The van der Waals surface area contributed by atoms with Crippen LogP contribution in [0.3, 0.4) is 0 Å². The second kappa shape index (κ2) is 3.75. The van der Waals surface area contributed by atoms with Crippen LogP contribution in [-0.2, 0) is 0 Å². The number of carbonyl (C=O) groups is 2. The summed E-state index contributed by atoms with van der Waals surface area (Å²) in [5.74, 6) is -2.30. The third-order valence-electron chi connectivity index (χ3n) is 2.39. The van der Waals surface area contributed by atoms with E-state index in [4.69, 9.17) is 15.9 Å². The molecule has 2 aromatic rings. The summed E-state index contributed by atoms with van der Waals surface area (Å²) < 4.78 is 0. The molecule has 2 rings (SSSR count). The zero-order valence-corrected chi connectivity index (χ0v) is 8.54. The molecule has 4 N–H and O–H groups in total. The number of anilines is 1. The lowest BCUT2D eigenvalue weighted by atomic mass is 10.1. The van der Waals surface area contributed by atoms with E-state index in [-0.39, 0.29) is 16.8 Å². The SMILES string of the molecule is Nc1c(C(=O)O)cnc2ccc(C(=O)O)cc12. The van der Waals surface area contributed by atoms with Gasteiger partial charge in [0.25, 0.3) is 0 Å². The van der Waals surface area contributed by atoms with Gasteiger partial charge in [-0.15, -0.1) is 0 Å². The van der Waals surface area contributed by atoms with Gasteiger partial charge in [-0.05, 0) is 18.2 Å². The molecule has 0 saturated carbocycles. The van der Waals surface area contributed by atoms with Crippen LogP contribution in [0.5, 0.6) is 0 Å². The molecule has 0 radical (unpaired) electrons. The molecule has 86 valence electrons. The zero-order valence-electron chi connectivity index (χ0n) is 8.54. The number of carboxylic acid groups (broad SMARTS) is 2. The molecule has 0 amide bonds. The highest BCUT2D eigenvalue weighted by Gasteiger charge is 2.13. The average molecular weight is 232 g/mol. The number of benzene rings is 1. The van der Waals surface area contributed by atoms with Crippen LogP contribution in [0, 0.1) is 0 Å². The molecule has 0 aliphatic rings. The minimum Gasteiger partial charge on any atom is -0.478 e. The van der Waals surface area contributed by atoms with Crippen molar-refractivity contribution in [1.29, 1.82) is 0 Å². The summed E-state index contributed by atoms with van der Waals surface area (Å²) >= 11 is 0. The van der Waals surface area contributed by atoms with Gasteiger partial charge in [0.1, 0.15) is 5.56 Å². The maximum atomic E-state index is 10.8. The predicted molar refractivity (Wildman–Crippen MR) is 60.1 cm³/mol. The Labute approximate surface area is 95.3 Å². The standard InChI is InChI=1S/C11H8N2O4/c12-9-6-3-5(10(14)15)1-2-8(6)13-4-7(9)11(16)17/h1-4H,(H2,12,13)(H,14,15)(H,16,17). The topological polar surface area (TPSA) is 114 Å². The monoisotopic (exact) mass is 232 g/mol. The molecule has 0 fully saturated rings. The molecular formula is C11H8N2O4.